The van der Waals surface area contributed by atoms with Crippen LogP contribution in [0.2, 0.25) is 0 Å². The molecule has 3 aromatic rings. The molecule has 1 aromatic carbocycles. The molecule has 0 saturated carbocycles. The molecule has 11 heteroatoms. The number of hydrogen-bond donors (Lipinski definition) is 2. The van der Waals surface area contributed by atoms with Crippen molar-refractivity contribution in [2.24, 2.45) is 0 Å². The van der Waals surface area contributed by atoms with E-state index in [0.29, 0.717) is 41.6 Å². The van der Waals surface area contributed by atoms with E-state index in [9.17, 15) is 18.7 Å². The van der Waals surface area contributed by atoms with Crippen LogP contribution < -0.4 is 10.1 Å². The molecule has 3 heterocycles. The van der Waals surface area contributed by atoms with Crippen LogP contribution >= 0.6 is 0 Å². The van der Waals surface area contributed by atoms with Crippen LogP contribution in [0.4, 0.5) is 19.0 Å². The van der Waals surface area contributed by atoms with Crippen LogP contribution in [0.5, 0.6) is 5.88 Å². The number of piperidine rings is 1. The summed E-state index contributed by atoms with van der Waals surface area (Å²) in [6, 6.07) is 4.88. The second-order valence-electron chi connectivity index (χ2n) is 10.6. The molecule has 0 radical (unpaired) electrons. The number of nitrogens with one attached hydrogen (secondary N) is 1. The number of pyridine rings is 1. The van der Waals surface area contributed by atoms with Gasteiger partial charge < -0.3 is 20.1 Å². The van der Waals surface area contributed by atoms with E-state index >= 15 is 4.39 Å². The molecule has 1 aliphatic heterocycles. The van der Waals surface area contributed by atoms with Crippen molar-refractivity contribution in [1.29, 1.82) is 0 Å². The highest BCUT2D eigenvalue weighted by atomic mass is 19.3. The number of fused-ring (bicyclic) bond motifs is 1. The maximum atomic E-state index is 15.4. The number of amides is 1. The Bertz CT molecular complexity index is 1390. The minimum Gasteiger partial charge on any atom is -0.481 e. The lowest BCUT2D eigenvalue weighted by atomic mass is 9.89. The monoisotopic (exact) mass is 545 g/mol. The molecule has 1 amide bonds. The van der Waals surface area contributed by atoms with E-state index in [1.807, 2.05) is 11.0 Å². The highest BCUT2D eigenvalue weighted by molar-refractivity contribution is 5.88. The average molecular weight is 546 g/mol. The van der Waals surface area contributed by atoms with E-state index in [4.69, 9.17) is 4.74 Å². The maximum absolute atomic E-state index is 15.4. The SMILES string of the molecule is COc1nc2nc(C)nc(N[C@H](C)c3cccc(C(F)(F)C(C)(C)O)c3F)c2cc1C1CCN(C(C)=O)CC1. The standard InChI is InChI=1S/C28H34F3N5O3/c1-15(19-8-7-9-22(23(19)29)28(30,31)27(4,5)38)32-24-21-14-20(18-10-12-36(13-11-18)17(3)37)26(39-6)35-25(21)34-16(2)33-24/h7-9,14-15,18,38H,10-13H2,1-6H3,(H,32,33,34,35)/t15-/m1/s1. The molecule has 1 fully saturated rings. The summed E-state index contributed by atoms with van der Waals surface area (Å²) in [5.74, 6) is -3.54. The summed E-state index contributed by atoms with van der Waals surface area (Å²) in [4.78, 5) is 27.2. The smallest absolute Gasteiger partial charge is 0.303 e. The number of halogens is 3. The van der Waals surface area contributed by atoms with E-state index < -0.39 is 28.9 Å². The number of hydrogen-bond acceptors (Lipinski definition) is 7. The highest BCUT2D eigenvalue weighted by Gasteiger charge is 2.49. The molecule has 0 unspecified atom stereocenters. The largest absolute Gasteiger partial charge is 0.481 e. The van der Waals surface area contributed by atoms with Crippen molar-refractivity contribution in [1.82, 2.24) is 19.9 Å². The minimum absolute atomic E-state index is 0.000797. The van der Waals surface area contributed by atoms with Gasteiger partial charge in [0.05, 0.1) is 24.1 Å². The number of benzene rings is 1. The lowest BCUT2D eigenvalue weighted by Crippen LogP contribution is -2.41. The molecule has 210 valence electrons. The van der Waals surface area contributed by atoms with Crippen LogP contribution in [0, 0.1) is 12.7 Å². The molecule has 8 nitrogen and oxygen atoms in total. The third-order valence-corrected chi connectivity index (χ3v) is 7.32. The number of aliphatic hydroxyl groups is 1. The number of ether oxygens (including phenoxy) is 1. The zero-order valence-electron chi connectivity index (χ0n) is 23.0. The number of nitrogens with zero attached hydrogens (tertiary/aromatic N) is 4. The highest BCUT2D eigenvalue weighted by Crippen LogP contribution is 2.42. The van der Waals surface area contributed by atoms with Gasteiger partial charge in [-0.1, -0.05) is 12.1 Å². The zero-order valence-corrected chi connectivity index (χ0v) is 23.0. The fourth-order valence-electron chi connectivity index (χ4n) is 4.97. The zero-order chi connectivity index (χ0) is 28.7. The predicted octanol–water partition coefficient (Wildman–Crippen LogP) is 5.24. The van der Waals surface area contributed by atoms with Crippen molar-refractivity contribution in [3.05, 3.63) is 52.6 Å². The second kappa shape index (κ2) is 10.6. The van der Waals surface area contributed by atoms with Crippen molar-refractivity contribution < 1.29 is 27.8 Å². The lowest BCUT2D eigenvalue weighted by molar-refractivity contribution is -0.170. The van der Waals surface area contributed by atoms with Gasteiger partial charge in [0.1, 0.15) is 23.1 Å². The maximum Gasteiger partial charge on any atom is 0.303 e. The topological polar surface area (TPSA) is 100 Å². The summed E-state index contributed by atoms with van der Waals surface area (Å²) in [5.41, 5.74) is -2.10. The molecule has 1 aliphatic rings. The quantitative estimate of drug-likeness (QED) is 0.419. The van der Waals surface area contributed by atoms with Gasteiger partial charge in [-0.15, -0.1) is 0 Å². The lowest BCUT2D eigenvalue weighted by Gasteiger charge is -2.32. The minimum atomic E-state index is -3.81. The van der Waals surface area contributed by atoms with Gasteiger partial charge in [0, 0.05) is 31.1 Å². The number of methoxy groups -OCH3 is 1. The summed E-state index contributed by atoms with van der Waals surface area (Å²) in [5, 5.41) is 13.7. The van der Waals surface area contributed by atoms with Crippen molar-refractivity contribution in [3.63, 3.8) is 0 Å². The number of rotatable bonds is 7. The molecule has 1 atom stereocenters. The van der Waals surface area contributed by atoms with Crippen LogP contribution in [-0.4, -0.2) is 56.7 Å². The second-order valence-corrected chi connectivity index (χ2v) is 10.6. The molecular formula is C28H34F3N5O3. The summed E-state index contributed by atoms with van der Waals surface area (Å²) < 4.78 is 50.7. The number of carbonyl (C=O) groups excluding carboxylic acids is 1. The van der Waals surface area contributed by atoms with Gasteiger partial charge in [0.15, 0.2) is 5.65 Å². The van der Waals surface area contributed by atoms with Gasteiger partial charge in [0.2, 0.25) is 11.8 Å². The normalized spacial score (nSPS) is 15.9. The molecule has 0 bridgehead atoms. The third kappa shape index (κ3) is 5.50. The van der Waals surface area contributed by atoms with Gasteiger partial charge in [-0.05, 0) is 58.6 Å². The van der Waals surface area contributed by atoms with Crippen LogP contribution in [0.1, 0.15) is 75.0 Å². The van der Waals surface area contributed by atoms with Crippen molar-refractivity contribution >= 4 is 22.8 Å². The molecular weight excluding hydrogens is 511 g/mol. The number of aryl methyl sites for hydroxylation is 1. The summed E-state index contributed by atoms with van der Waals surface area (Å²) in [6.45, 7) is 8.03. The molecule has 2 N–H and O–H groups in total. The van der Waals surface area contributed by atoms with E-state index in [0.717, 1.165) is 38.3 Å². The van der Waals surface area contributed by atoms with Gasteiger partial charge in [-0.25, -0.2) is 14.4 Å². The van der Waals surface area contributed by atoms with E-state index in [2.05, 4.69) is 20.3 Å². The van der Waals surface area contributed by atoms with Crippen LogP contribution in [0.3, 0.4) is 0 Å². The first-order valence-corrected chi connectivity index (χ1v) is 12.9. The Hall–Kier alpha value is -3.47. The first-order chi connectivity index (χ1) is 18.2. The van der Waals surface area contributed by atoms with Crippen molar-refractivity contribution in [3.8, 4) is 5.88 Å². The molecule has 0 aliphatic carbocycles. The van der Waals surface area contributed by atoms with Gasteiger partial charge in [-0.3, -0.25) is 4.79 Å². The van der Waals surface area contributed by atoms with Gasteiger partial charge >= 0.3 is 5.92 Å². The Morgan fingerprint density at radius 3 is 2.46 bits per heavy atom. The number of alkyl halides is 2. The Labute approximate surface area is 225 Å². The predicted molar refractivity (Wildman–Crippen MR) is 141 cm³/mol. The van der Waals surface area contributed by atoms with Crippen LogP contribution in [0.15, 0.2) is 24.3 Å². The van der Waals surface area contributed by atoms with Crippen LogP contribution in [0.25, 0.3) is 11.0 Å². The fourth-order valence-corrected chi connectivity index (χ4v) is 4.97. The first-order valence-electron chi connectivity index (χ1n) is 12.9. The molecule has 4 rings (SSSR count). The Morgan fingerprint density at radius 2 is 1.87 bits per heavy atom. The average Bonchev–Trinajstić information content (AvgIpc) is 2.87. The summed E-state index contributed by atoms with van der Waals surface area (Å²) in [6.07, 6.45) is 1.48. The number of likely N-dealkylation sites (tertiary alicyclic amines) is 1. The molecule has 39 heavy (non-hydrogen) atoms. The molecule has 2 aromatic heterocycles. The fraction of sp³-hybridized carbons (Fsp3) is 0.500. The summed E-state index contributed by atoms with van der Waals surface area (Å²) in [7, 11) is 1.54. The van der Waals surface area contributed by atoms with Crippen molar-refractivity contribution in [2.45, 2.75) is 70.9 Å². The number of anilines is 1. The molecule has 1 saturated heterocycles. The Morgan fingerprint density at radius 1 is 1.21 bits per heavy atom. The van der Waals surface area contributed by atoms with Gasteiger partial charge in [-0.2, -0.15) is 13.8 Å². The number of carbonyl (C=O) groups is 1. The molecule has 0 spiro atoms. The third-order valence-electron chi connectivity index (χ3n) is 7.32. The Balaban J connectivity index is 1.72. The number of aromatic nitrogens is 3. The van der Waals surface area contributed by atoms with E-state index in [-0.39, 0.29) is 17.4 Å². The summed E-state index contributed by atoms with van der Waals surface area (Å²) >= 11 is 0. The van der Waals surface area contributed by atoms with Crippen molar-refractivity contribution in [2.75, 3.05) is 25.5 Å². The first kappa shape index (κ1) is 28.5. The van der Waals surface area contributed by atoms with E-state index in [1.165, 1.54) is 19.2 Å². The van der Waals surface area contributed by atoms with E-state index in [1.54, 1.807) is 20.8 Å². The Kier molecular flexibility index (Phi) is 7.75. The van der Waals surface area contributed by atoms with Crippen LogP contribution in [-0.2, 0) is 10.7 Å². The van der Waals surface area contributed by atoms with Gasteiger partial charge in [0.25, 0.3) is 0 Å².